The van der Waals surface area contributed by atoms with Crippen LogP contribution < -0.4 is 15.8 Å². The Morgan fingerprint density at radius 2 is 1.13 bits per heavy atom. The fraction of sp³-hybridized carbons (Fsp3) is 0.241. The number of rotatable bonds is 2. The van der Waals surface area contributed by atoms with Gasteiger partial charge in [-0.1, -0.05) is 178 Å². The summed E-state index contributed by atoms with van der Waals surface area (Å²) in [6, 6.07) is 54.1. The van der Waals surface area contributed by atoms with Gasteiger partial charge in [0.2, 0.25) is 0 Å². The highest BCUT2D eigenvalue weighted by Gasteiger charge is 2.51. The Kier molecular flexibility index (Phi) is 7.15. The SMILES string of the molecule is Cc1cc2c3c(c1)N(c1ccc(C(C)(C)C)cc1-c1ccccc1)c1cc4c(cc1B3n1c3c(c5cccc-2c51)-c1ccccc1C3(C)C)C(C)(C)c1ccccc1C4(C)C. The highest BCUT2D eigenvalue weighted by atomic mass is 15.2. The fourth-order valence-corrected chi connectivity index (χ4v) is 12.3. The van der Waals surface area contributed by atoms with E-state index >= 15 is 0 Å². The smallest absolute Gasteiger partial charge is 0.332 e. The van der Waals surface area contributed by atoms with Gasteiger partial charge in [0.05, 0.1) is 5.69 Å². The summed E-state index contributed by atoms with van der Waals surface area (Å²) < 4.78 is 2.82. The summed E-state index contributed by atoms with van der Waals surface area (Å²) in [7, 11) is 0. The van der Waals surface area contributed by atoms with E-state index in [0.29, 0.717) is 0 Å². The molecule has 0 unspecified atom stereocenters. The van der Waals surface area contributed by atoms with E-state index < -0.39 is 0 Å². The second-order valence-corrected chi connectivity index (χ2v) is 21.0. The van der Waals surface area contributed by atoms with Crippen LogP contribution in [0.1, 0.15) is 107 Å². The average molecular weight is 789 g/mol. The van der Waals surface area contributed by atoms with E-state index in [1.807, 2.05) is 0 Å². The molecule has 0 N–H and O–H groups in total. The van der Waals surface area contributed by atoms with Crippen molar-refractivity contribution >= 4 is 45.7 Å². The summed E-state index contributed by atoms with van der Waals surface area (Å²) in [4.78, 5) is 2.67. The first-order valence-corrected chi connectivity index (χ1v) is 22.3. The molecule has 61 heavy (non-hydrogen) atoms. The maximum atomic E-state index is 2.82. The van der Waals surface area contributed by atoms with Gasteiger partial charge in [-0.05, 0) is 103 Å². The summed E-state index contributed by atoms with van der Waals surface area (Å²) in [6.07, 6.45) is 0. The minimum atomic E-state index is -0.205. The first-order valence-electron chi connectivity index (χ1n) is 22.3. The Morgan fingerprint density at radius 1 is 0.492 bits per heavy atom. The quantitative estimate of drug-likeness (QED) is 0.158. The van der Waals surface area contributed by atoms with Gasteiger partial charge in [0, 0.05) is 60.9 Å². The Labute approximate surface area is 362 Å². The van der Waals surface area contributed by atoms with Crippen LogP contribution in [0, 0.1) is 6.92 Å². The van der Waals surface area contributed by atoms with Crippen LogP contribution in [0.3, 0.4) is 0 Å². The highest BCUT2D eigenvalue weighted by Crippen LogP contribution is 2.57. The van der Waals surface area contributed by atoms with Crippen LogP contribution in [-0.2, 0) is 21.7 Å². The van der Waals surface area contributed by atoms with Crippen LogP contribution in [0.5, 0.6) is 0 Å². The monoisotopic (exact) mass is 788 g/mol. The second-order valence-electron chi connectivity index (χ2n) is 21.0. The van der Waals surface area contributed by atoms with Crippen LogP contribution in [0.25, 0.3) is 44.3 Å². The number of anilines is 3. The largest absolute Gasteiger partial charge is 0.378 e. The van der Waals surface area contributed by atoms with Crippen LogP contribution in [-0.4, -0.2) is 11.3 Å². The molecule has 12 rings (SSSR count). The Morgan fingerprint density at radius 3 is 1.84 bits per heavy atom. The van der Waals surface area contributed by atoms with Crippen molar-refractivity contribution in [2.75, 3.05) is 4.90 Å². The van der Waals surface area contributed by atoms with Gasteiger partial charge in [0.1, 0.15) is 0 Å². The van der Waals surface area contributed by atoms with E-state index in [9.17, 15) is 0 Å². The maximum absolute atomic E-state index is 2.82. The van der Waals surface area contributed by atoms with Crippen LogP contribution in [0.2, 0.25) is 0 Å². The van der Waals surface area contributed by atoms with Crippen molar-refractivity contribution in [3.05, 3.63) is 184 Å². The van der Waals surface area contributed by atoms with E-state index in [1.165, 1.54) is 117 Å². The lowest BCUT2D eigenvalue weighted by Crippen LogP contribution is -2.58. The zero-order valence-corrected chi connectivity index (χ0v) is 37.3. The van der Waals surface area contributed by atoms with E-state index in [4.69, 9.17) is 0 Å². The Bertz CT molecular complexity index is 3220. The molecule has 1 aromatic heterocycles. The lowest BCUT2D eigenvalue weighted by molar-refractivity contribution is 0.521. The molecule has 0 saturated heterocycles. The summed E-state index contributed by atoms with van der Waals surface area (Å²) in [5.41, 5.74) is 26.4. The van der Waals surface area contributed by atoms with Crippen molar-refractivity contribution in [1.29, 1.82) is 0 Å². The zero-order valence-electron chi connectivity index (χ0n) is 37.3. The van der Waals surface area contributed by atoms with Gasteiger partial charge in [-0.2, -0.15) is 0 Å². The molecule has 3 heteroatoms. The lowest BCUT2D eigenvalue weighted by atomic mass is 9.43. The topological polar surface area (TPSA) is 8.17 Å². The summed E-state index contributed by atoms with van der Waals surface area (Å²) in [5, 5.41) is 1.36. The molecular formula is C58H53BN2. The molecule has 2 aliphatic carbocycles. The van der Waals surface area contributed by atoms with E-state index in [-0.39, 0.29) is 28.5 Å². The average Bonchev–Trinajstić information content (AvgIpc) is 3.71. The standard InChI is InChI=1S/C58H53BN2/c1-34-29-41-37-22-18-23-39-51-38-21-14-15-24-42(38)58(9,10)54(51)61(53(37)39)59-47-32-45-46(57(7,8)44-26-17-16-25-43(44)56(45,5)6)33-49(47)60(50(30-34)52(41)59)48-28-27-36(55(2,3)4)31-40(48)35-19-12-11-13-20-35/h11-33H,1-10H3. The number of nitrogens with zero attached hydrogens (tertiary/aromatic N) is 2. The predicted octanol–water partition coefficient (Wildman–Crippen LogP) is 13.6. The van der Waals surface area contributed by atoms with Crippen LogP contribution in [0.4, 0.5) is 17.1 Å². The molecule has 0 fully saturated rings. The first-order chi connectivity index (χ1) is 29.1. The van der Waals surface area contributed by atoms with Gasteiger partial charge < -0.3 is 9.38 Å². The lowest BCUT2D eigenvalue weighted by Gasteiger charge is -2.47. The van der Waals surface area contributed by atoms with Crippen molar-refractivity contribution in [2.24, 2.45) is 0 Å². The second kappa shape index (κ2) is 11.9. The van der Waals surface area contributed by atoms with Crippen molar-refractivity contribution in [2.45, 2.75) is 90.9 Å². The molecule has 8 aromatic rings. The van der Waals surface area contributed by atoms with Gasteiger partial charge in [0.25, 0.3) is 0 Å². The van der Waals surface area contributed by atoms with Crippen molar-refractivity contribution in [3.8, 4) is 33.4 Å². The van der Waals surface area contributed by atoms with Gasteiger partial charge in [0.15, 0.2) is 0 Å². The molecule has 3 heterocycles. The number of aromatic nitrogens is 1. The summed E-state index contributed by atoms with van der Waals surface area (Å²) in [6.45, 7) is 24.0. The van der Waals surface area contributed by atoms with E-state index in [0.717, 1.165) is 0 Å². The predicted molar refractivity (Wildman–Crippen MR) is 260 cm³/mol. The minimum absolute atomic E-state index is 0.00814. The number of fused-ring (bicyclic) bond motifs is 11. The molecule has 298 valence electrons. The molecule has 0 radical (unpaired) electrons. The van der Waals surface area contributed by atoms with E-state index in [2.05, 4.69) is 218 Å². The van der Waals surface area contributed by atoms with Crippen molar-refractivity contribution in [1.82, 2.24) is 4.48 Å². The normalized spacial score (nSPS) is 16.7. The maximum Gasteiger partial charge on any atom is 0.332 e. The zero-order chi connectivity index (χ0) is 42.1. The third kappa shape index (κ3) is 4.65. The van der Waals surface area contributed by atoms with E-state index in [1.54, 1.807) is 0 Å². The summed E-state index contributed by atoms with van der Waals surface area (Å²) in [5.74, 6) is 0. The van der Waals surface area contributed by atoms with Gasteiger partial charge in [-0.25, -0.2) is 0 Å². The first kappa shape index (κ1) is 36.8. The summed E-state index contributed by atoms with van der Waals surface area (Å²) >= 11 is 0. The van der Waals surface area contributed by atoms with Crippen LogP contribution >= 0.6 is 0 Å². The Hall–Kier alpha value is -6.06. The van der Waals surface area contributed by atoms with Gasteiger partial charge in [-0.3, -0.25) is 0 Å². The van der Waals surface area contributed by atoms with Gasteiger partial charge >= 0.3 is 6.85 Å². The number of benzene rings is 7. The Balaban J connectivity index is 1.26. The molecule has 2 nitrogen and oxygen atoms in total. The van der Waals surface area contributed by atoms with Gasteiger partial charge in [-0.15, -0.1) is 0 Å². The van der Waals surface area contributed by atoms with Crippen molar-refractivity contribution < 1.29 is 0 Å². The van der Waals surface area contributed by atoms with Crippen LogP contribution in [0.15, 0.2) is 140 Å². The highest BCUT2D eigenvalue weighted by molar-refractivity contribution is 6.89. The third-order valence-electron chi connectivity index (χ3n) is 15.4. The number of para-hydroxylation sites is 1. The number of hydrogen-bond acceptors (Lipinski definition) is 1. The minimum Gasteiger partial charge on any atom is -0.378 e. The van der Waals surface area contributed by atoms with Crippen molar-refractivity contribution in [3.63, 3.8) is 0 Å². The number of hydrogen-bond donors (Lipinski definition) is 0. The molecule has 7 aromatic carbocycles. The third-order valence-corrected chi connectivity index (χ3v) is 15.4. The molecule has 0 amide bonds. The molecule has 0 saturated carbocycles. The molecule has 2 aliphatic heterocycles. The molecule has 0 atom stereocenters. The fourth-order valence-electron chi connectivity index (χ4n) is 12.3. The molecule has 0 spiro atoms. The molecule has 0 bridgehead atoms. The molecule has 4 aliphatic rings. The number of aryl methyl sites for hydroxylation is 1. The molecular weight excluding hydrogens is 735 g/mol.